The number of ether oxygens (including phenoxy) is 4. The summed E-state index contributed by atoms with van der Waals surface area (Å²) in [4.78, 5) is 24.4. The number of nitrogens with one attached hydrogen (secondary N) is 2. The van der Waals surface area contributed by atoms with E-state index in [2.05, 4.69) is 237 Å². The lowest BCUT2D eigenvalue weighted by Crippen LogP contribution is -1.94. The van der Waals surface area contributed by atoms with Crippen molar-refractivity contribution in [3.05, 3.63) is 258 Å². The number of nitrogens with zero attached hydrogens (tertiary/aromatic N) is 2. The molecule has 0 unspecified atom stereocenters. The van der Waals surface area contributed by atoms with Gasteiger partial charge in [0.15, 0.2) is 0 Å². The summed E-state index contributed by atoms with van der Waals surface area (Å²) in [6.07, 6.45) is 8.80. The van der Waals surface area contributed by atoms with Crippen molar-refractivity contribution >= 4 is 139 Å². The zero-order valence-electron chi connectivity index (χ0n) is 49.7. The smallest absolute Gasteiger partial charge is 0.118 e. The Morgan fingerprint density at radius 2 is 0.556 bits per heavy atom. The summed E-state index contributed by atoms with van der Waals surface area (Å²) >= 11 is 12.1. The van der Waals surface area contributed by atoms with Crippen molar-refractivity contribution in [1.82, 2.24) is 19.9 Å². The molecule has 5 heterocycles. The van der Waals surface area contributed by atoms with Gasteiger partial charge in [-0.3, -0.25) is 0 Å². The molecule has 0 spiro atoms. The van der Waals surface area contributed by atoms with Crippen molar-refractivity contribution in [3.8, 4) is 67.5 Å². The number of halogens is 2. The first-order valence-corrected chi connectivity index (χ1v) is 35.3. The molecule has 14 heteroatoms. The highest BCUT2D eigenvalue weighted by molar-refractivity contribution is 14.1. The molecule has 0 radical (unpaired) electrons. The summed E-state index contributed by atoms with van der Waals surface area (Å²) in [5.74, 6) is 6.32. The van der Waals surface area contributed by atoms with E-state index in [4.69, 9.17) is 28.9 Å². The van der Waals surface area contributed by atoms with Crippen molar-refractivity contribution in [2.75, 3.05) is 28.4 Å². The number of fused-ring (bicyclic) bond motifs is 8. The predicted octanol–water partition coefficient (Wildman–Crippen LogP) is 21.7. The van der Waals surface area contributed by atoms with E-state index in [1.807, 2.05) is 95.6 Å². The number of aromatic nitrogens is 4. The highest BCUT2D eigenvalue weighted by atomic mass is 127. The highest BCUT2D eigenvalue weighted by Gasteiger charge is 2.25. The van der Waals surface area contributed by atoms with Crippen LogP contribution in [0.3, 0.4) is 0 Å². The van der Waals surface area contributed by atoms with Crippen LogP contribution in [0.4, 0.5) is 0 Å². The van der Waals surface area contributed by atoms with Gasteiger partial charge < -0.3 is 28.9 Å². The predicted molar refractivity (Wildman–Crippen MR) is 396 cm³/mol. The average molecular weight is 1480 g/mol. The van der Waals surface area contributed by atoms with Crippen LogP contribution < -0.4 is 18.9 Å². The van der Waals surface area contributed by atoms with Crippen LogP contribution in [-0.4, -0.2) is 48.4 Å². The van der Waals surface area contributed by atoms with Crippen LogP contribution in [0.25, 0.3) is 90.9 Å². The number of thioether (sulfide) groups is 4. The molecule has 2 aliphatic heterocycles. The number of hydrogen-bond donors (Lipinski definition) is 2. The van der Waals surface area contributed by atoms with Crippen molar-refractivity contribution in [2.24, 2.45) is 0 Å². The Bertz CT molecular complexity index is 4210. The fourth-order valence-corrected chi connectivity index (χ4v) is 16.1. The summed E-state index contributed by atoms with van der Waals surface area (Å²) < 4.78 is 24.6. The van der Waals surface area contributed by atoms with Crippen molar-refractivity contribution in [2.45, 2.75) is 42.6 Å². The van der Waals surface area contributed by atoms with E-state index in [1.54, 1.807) is 28.4 Å². The first-order valence-electron chi connectivity index (χ1n) is 29.2. The number of rotatable bonds is 20. The van der Waals surface area contributed by atoms with Crippen LogP contribution >= 0.6 is 92.2 Å². The van der Waals surface area contributed by atoms with Gasteiger partial charge in [0, 0.05) is 105 Å². The van der Waals surface area contributed by atoms with Gasteiger partial charge in [-0.2, -0.15) is 0 Å². The molecule has 8 nitrogen and oxygen atoms in total. The lowest BCUT2D eigenvalue weighted by atomic mass is 10.0. The molecule has 0 amide bonds. The number of aromatic amines is 2. The van der Waals surface area contributed by atoms with Gasteiger partial charge in [0.25, 0.3) is 0 Å². The summed E-state index contributed by atoms with van der Waals surface area (Å²) in [6, 6.07) is 73.4. The van der Waals surface area contributed by atoms with E-state index < -0.39 is 0 Å². The van der Waals surface area contributed by atoms with E-state index >= 15 is 0 Å². The van der Waals surface area contributed by atoms with Crippen molar-refractivity contribution in [1.29, 1.82) is 0 Å². The molecule has 90 heavy (non-hydrogen) atoms. The van der Waals surface area contributed by atoms with E-state index in [0.717, 1.165) is 162 Å². The lowest BCUT2D eigenvalue weighted by Gasteiger charge is -2.17. The zero-order valence-corrected chi connectivity index (χ0v) is 57.3. The third kappa shape index (κ3) is 13.7. The van der Waals surface area contributed by atoms with Crippen LogP contribution in [0.1, 0.15) is 45.0 Å². The fourth-order valence-electron chi connectivity index (χ4n) is 11.1. The minimum atomic E-state index is 0.746. The molecule has 2 N–H and O–H groups in total. The molecule has 2 aliphatic rings. The topological polar surface area (TPSA) is 94.3 Å². The van der Waals surface area contributed by atoms with Crippen LogP contribution in [0.5, 0.6) is 23.0 Å². The van der Waals surface area contributed by atoms with Gasteiger partial charge >= 0.3 is 0 Å². The third-order valence-corrected chi connectivity index (χ3v) is 21.7. The molecule has 0 saturated carbocycles. The maximum absolute atomic E-state index is 5.82. The van der Waals surface area contributed by atoms with Crippen molar-refractivity contribution in [3.63, 3.8) is 0 Å². The second-order valence-electron chi connectivity index (χ2n) is 21.3. The van der Waals surface area contributed by atoms with Crippen LogP contribution in [0, 0.1) is 7.14 Å². The number of hydrogen-bond acceptors (Lipinski definition) is 10. The Balaban J connectivity index is 1.09. The molecule has 3 aromatic heterocycles. The molecule has 446 valence electrons. The maximum atomic E-state index is 5.82. The summed E-state index contributed by atoms with van der Waals surface area (Å²) in [7, 11) is 6.84. The Morgan fingerprint density at radius 1 is 0.300 bits per heavy atom. The van der Waals surface area contributed by atoms with E-state index in [0.29, 0.717) is 0 Å². The molecule has 0 fully saturated rings. The molecule has 8 bridgehead atoms. The second kappa shape index (κ2) is 28.3. The monoisotopic (exact) mass is 1470 g/mol. The molecule has 8 aromatic carbocycles. The van der Waals surface area contributed by atoms with Gasteiger partial charge in [-0.05, 0) is 224 Å². The Morgan fingerprint density at radius 3 is 0.822 bits per heavy atom. The van der Waals surface area contributed by atoms with Gasteiger partial charge in [-0.25, -0.2) is 9.97 Å². The highest BCUT2D eigenvalue weighted by Crippen LogP contribution is 2.48. The minimum absolute atomic E-state index is 0.746. The quantitative estimate of drug-likeness (QED) is 0.0568. The van der Waals surface area contributed by atoms with Gasteiger partial charge in [0.05, 0.1) is 51.2 Å². The van der Waals surface area contributed by atoms with Crippen LogP contribution in [0.15, 0.2) is 226 Å². The zero-order chi connectivity index (χ0) is 61.5. The Hall–Kier alpha value is -7.58. The first kappa shape index (κ1) is 61.3. The number of benzene rings is 8. The Kier molecular flexibility index (Phi) is 19.3. The lowest BCUT2D eigenvalue weighted by molar-refractivity contribution is 0.414. The largest absolute Gasteiger partial charge is 0.497 e. The normalized spacial score (nSPS) is 11.7. The summed E-state index contributed by atoms with van der Waals surface area (Å²) in [5.41, 5.74) is 20.2. The first-order chi connectivity index (χ1) is 44.2. The van der Waals surface area contributed by atoms with E-state index in [-0.39, 0.29) is 0 Å². The van der Waals surface area contributed by atoms with E-state index in [9.17, 15) is 0 Å². The second-order valence-corrected chi connectivity index (χ2v) is 27.9. The van der Waals surface area contributed by atoms with Crippen molar-refractivity contribution < 1.29 is 18.9 Å². The summed E-state index contributed by atoms with van der Waals surface area (Å²) in [6.45, 7) is 0. The van der Waals surface area contributed by atoms with Crippen LogP contribution in [-0.2, 0) is 23.0 Å². The maximum Gasteiger partial charge on any atom is 0.118 e. The van der Waals surface area contributed by atoms with Gasteiger partial charge in [-0.15, -0.1) is 47.0 Å². The molecule has 0 atom stereocenters. The fraction of sp³-hybridized carbons (Fsp3) is 0.105. The third-order valence-electron chi connectivity index (χ3n) is 15.7. The molecule has 11 aromatic rings. The van der Waals surface area contributed by atoms with Crippen LogP contribution in [0.2, 0.25) is 0 Å². The average Bonchev–Trinajstić information content (AvgIpc) is 2.27. The summed E-state index contributed by atoms with van der Waals surface area (Å²) in [5, 5.41) is 0. The molecule has 0 aliphatic carbocycles. The molecule has 0 saturated heterocycles. The van der Waals surface area contributed by atoms with E-state index in [1.165, 1.54) is 22.3 Å². The molecular weight excluding hydrogens is 1410 g/mol. The standard InChI is InChI=1S/C76H60I2N4O4S4/c1-83-55-27-11-47(12-28-55)43-87-67-7-5-8-68(88-44-48-13-29-56(84-2)30-14-48)75(67)73-63-39-35-59(79-63)71(51-19-23-53(77)24-20-51)61-37-41-65(81-61)74(66-42-38-62(82-66)72(60-36-40-64(73)80-60)52-21-25-54(78)26-22-52)76-69(89-45-49-15-31-57(85-3)32-16-49)9-6-10-70(76)90-46-50-17-33-58(86-4)34-18-50/h5-42,79,82H,43-46H2,1-4H3. The Labute approximate surface area is 569 Å². The number of H-pyrrole nitrogens is 2. The van der Waals surface area contributed by atoms with Gasteiger partial charge in [-0.1, -0.05) is 84.9 Å². The molecular formula is C76H60I2N4O4S4. The minimum Gasteiger partial charge on any atom is -0.497 e. The van der Waals surface area contributed by atoms with Gasteiger partial charge in [0.2, 0.25) is 0 Å². The number of methoxy groups -OCH3 is 4. The van der Waals surface area contributed by atoms with Gasteiger partial charge in [0.1, 0.15) is 23.0 Å². The SMILES string of the molecule is COc1ccc(CSc2cccc(SCc3ccc(OC)cc3)c2-c2c3nc(c(-c4ccc(I)cc4)c4ccc([nH]4)c(-c4c(SCc5ccc(OC)cc5)cccc4SCc4ccc(OC)cc4)c4nc(c(-c5ccc(I)cc5)c5ccc2[nH]5)C=C4)C=C3)cc1. The molecule has 13 rings (SSSR count).